The predicted molar refractivity (Wildman–Crippen MR) is 159 cm³/mol. The Morgan fingerprint density at radius 1 is 0.683 bits per heavy atom. The lowest BCUT2D eigenvalue weighted by Gasteiger charge is -2.35. The smallest absolute Gasteiger partial charge is 0.324 e. The van der Waals surface area contributed by atoms with Gasteiger partial charge in [0.25, 0.3) is 0 Å². The third-order valence-corrected chi connectivity index (χ3v) is 6.51. The Balaban J connectivity index is 2.83. The highest BCUT2D eigenvalue weighted by molar-refractivity contribution is 6.00. The van der Waals surface area contributed by atoms with E-state index in [1.165, 1.54) is 7.11 Å². The molecule has 0 atom stereocenters. The molecule has 1 rings (SSSR count). The zero-order chi connectivity index (χ0) is 30.9. The van der Waals surface area contributed by atoms with Crippen molar-refractivity contribution in [3.63, 3.8) is 0 Å². The van der Waals surface area contributed by atoms with E-state index in [1.54, 1.807) is 41.5 Å². The first-order valence-electron chi connectivity index (χ1n) is 14.9. The Hall–Kier alpha value is -2.90. The van der Waals surface area contributed by atoms with Crippen molar-refractivity contribution < 1.29 is 38.1 Å². The zero-order valence-corrected chi connectivity index (χ0v) is 26.3. The lowest BCUT2D eigenvalue weighted by atomic mass is 9.77. The summed E-state index contributed by atoms with van der Waals surface area (Å²) in [7, 11) is 1.37. The molecule has 0 aliphatic heterocycles. The molecule has 0 aromatic carbocycles. The van der Waals surface area contributed by atoms with Crippen molar-refractivity contribution in [2.45, 2.75) is 130 Å². The summed E-state index contributed by atoms with van der Waals surface area (Å²) in [5, 5.41) is 0. The molecule has 0 heterocycles. The van der Waals surface area contributed by atoms with Gasteiger partial charge in [-0.15, -0.1) is 0 Å². The van der Waals surface area contributed by atoms with Gasteiger partial charge < -0.3 is 18.9 Å². The largest absolute Gasteiger partial charge is 0.469 e. The van der Waals surface area contributed by atoms with Gasteiger partial charge in [0.05, 0.1) is 7.11 Å². The maximum Gasteiger partial charge on any atom is 0.324 e. The summed E-state index contributed by atoms with van der Waals surface area (Å²) in [5.74, 6) is -1.66. The summed E-state index contributed by atoms with van der Waals surface area (Å²) in [6, 6.07) is 0. The molecule has 8 heteroatoms. The van der Waals surface area contributed by atoms with Crippen molar-refractivity contribution in [1.29, 1.82) is 0 Å². The number of carbonyl (C=O) groups excluding carboxylic acids is 4. The molecule has 0 saturated carbocycles. The molecule has 0 N–H and O–H groups in total. The number of carbonyl (C=O) groups is 4. The molecular weight excluding hydrogens is 524 g/mol. The molecule has 41 heavy (non-hydrogen) atoms. The van der Waals surface area contributed by atoms with Gasteiger partial charge in [-0.3, -0.25) is 19.2 Å². The van der Waals surface area contributed by atoms with Gasteiger partial charge >= 0.3 is 23.9 Å². The van der Waals surface area contributed by atoms with Crippen molar-refractivity contribution in [2.24, 2.45) is 5.41 Å². The SMILES string of the molecule is COC(=O)CCCCCCC(CCCCCC(=O)OCC1=CC=CC=CC1)(C(=O)OC(C)(C)C)C(=O)OC(C)(C)C. The van der Waals surface area contributed by atoms with Gasteiger partial charge in [-0.2, -0.15) is 0 Å². The second-order valence-electron chi connectivity index (χ2n) is 12.6. The molecule has 0 aromatic rings. The highest BCUT2D eigenvalue weighted by Gasteiger charge is 2.50. The number of unbranched alkanes of at least 4 members (excludes halogenated alkanes) is 5. The Morgan fingerprint density at radius 3 is 1.73 bits per heavy atom. The van der Waals surface area contributed by atoms with E-state index in [0.717, 1.165) is 24.8 Å². The molecule has 232 valence electrons. The summed E-state index contributed by atoms with van der Waals surface area (Å²) < 4.78 is 21.7. The van der Waals surface area contributed by atoms with Crippen LogP contribution in [0.15, 0.2) is 36.0 Å². The van der Waals surface area contributed by atoms with Gasteiger partial charge in [-0.25, -0.2) is 0 Å². The molecule has 0 spiro atoms. The monoisotopic (exact) mass is 576 g/mol. The summed E-state index contributed by atoms with van der Waals surface area (Å²) in [6.45, 7) is 10.9. The van der Waals surface area contributed by atoms with Crippen molar-refractivity contribution >= 4 is 23.9 Å². The Kier molecular flexibility index (Phi) is 15.7. The standard InChI is InChI=1S/C33H52O8/c1-31(2,3)40-29(36)33(30(37)41-32(4,5)6,23-17-11-10-15-21-27(34)38-7)24-18-12-16-22-28(35)39-25-26-19-13-8-9-14-20-26/h8-9,13-14,19H,10-12,15-18,20-25H2,1-7H3. The number of ether oxygens (including phenoxy) is 4. The summed E-state index contributed by atoms with van der Waals surface area (Å²) in [4.78, 5) is 50.9. The molecule has 0 amide bonds. The number of rotatable bonds is 17. The maximum atomic E-state index is 13.6. The third-order valence-electron chi connectivity index (χ3n) is 6.51. The first-order chi connectivity index (χ1) is 19.2. The van der Waals surface area contributed by atoms with Gasteiger partial charge in [0.15, 0.2) is 5.41 Å². The average Bonchev–Trinajstić information content (AvgIpc) is 3.14. The Labute approximate surface area is 246 Å². The molecule has 0 saturated heterocycles. The number of methoxy groups -OCH3 is 1. The summed E-state index contributed by atoms with van der Waals surface area (Å²) in [5.41, 5.74) is -1.95. The molecule has 0 radical (unpaired) electrons. The molecular formula is C33H52O8. The summed E-state index contributed by atoms with van der Waals surface area (Å²) >= 11 is 0. The topological polar surface area (TPSA) is 105 Å². The van der Waals surface area contributed by atoms with Crippen LogP contribution in [0, 0.1) is 5.41 Å². The van der Waals surface area contributed by atoms with Crippen LogP contribution in [-0.4, -0.2) is 48.8 Å². The normalized spacial score (nSPS) is 13.7. The quantitative estimate of drug-likeness (QED) is 0.0781. The van der Waals surface area contributed by atoms with Crippen LogP contribution in [0.4, 0.5) is 0 Å². The van der Waals surface area contributed by atoms with Gasteiger partial charge in [0.2, 0.25) is 0 Å². The van der Waals surface area contributed by atoms with Gasteiger partial charge in [-0.05, 0) is 79.2 Å². The fourth-order valence-electron chi connectivity index (χ4n) is 4.37. The van der Waals surface area contributed by atoms with E-state index >= 15 is 0 Å². The van der Waals surface area contributed by atoms with Gasteiger partial charge in [0, 0.05) is 12.8 Å². The zero-order valence-electron chi connectivity index (χ0n) is 26.3. The van der Waals surface area contributed by atoms with Crippen LogP contribution < -0.4 is 0 Å². The van der Waals surface area contributed by atoms with Crippen LogP contribution in [0.2, 0.25) is 0 Å². The predicted octanol–water partition coefficient (Wildman–Crippen LogP) is 7.11. The number of esters is 4. The van der Waals surface area contributed by atoms with Gasteiger partial charge in [0.1, 0.15) is 17.8 Å². The maximum absolute atomic E-state index is 13.6. The van der Waals surface area contributed by atoms with E-state index in [0.29, 0.717) is 38.5 Å². The molecule has 0 aromatic heterocycles. The van der Waals surface area contributed by atoms with Crippen molar-refractivity contribution in [3.05, 3.63) is 36.0 Å². The van der Waals surface area contributed by atoms with Crippen LogP contribution in [0.25, 0.3) is 0 Å². The van der Waals surface area contributed by atoms with Crippen LogP contribution in [0.5, 0.6) is 0 Å². The average molecular weight is 577 g/mol. The fourth-order valence-corrected chi connectivity index (χ4v) is 4.37. The van der Waals surface area contributed by atoms with Crippen molar-refractivity contribution in [1.82, 2.24) is 0 Å². The minimum Gasteiger partial charge on any atom is -0.469 e. The van der Waals surface area contributed by atoms with Crippen LogP contribution in [-0.2, 0) is 38.1 Å². The third kappa shape index (κ3) is 15.6. The minimum atomic E-state index is -1.45. The molecule has 8 nitrogen and oxygen atoms in total. The number of hydrogen-bond acceptors (Lipinski definition) is 8. The van der Waals surface area contributed by atoms with E-state index in [1.807, 2.05) is 30.4 Å². The molecule has 1 aliphatic carbocycles. The first-order valence-corrected chi connectivity index (χ1v) is 14.9. The molecule has 0 bridgehead atoms. The Morgan fingerprint density at radius 2 is 1.20 bits per heavy atom. The van der Waals surface area contributed by atoms with Gasteiger partial charge in [-0.1, -0.05) is 62.5 Å². The van der Waals surface area contributed by atoms with E-state index < -0.39 is 28.6 Å². The van der Waals surface area contributed by atoms with Crippen LogP contribution in [0.3, 0.4) is 0 Å². The lowest BCUT2D eigenvalue weighted by Crippen LogP contribution is -2.46. The highest BCUT2D eigenvalue weighted by atomic mass is 16.6. The second-order valence-corrected chi connectivity index (χ2v) is 12.6. The Bertz CT molecular complexity index is 915. The second kappa shape index (κ2) is 17.8. The fraction of sp³-hybridized carbons (Fsp3) is 0.697. The minimum absolute atomic E-state index is 0.249. The van der Waals surface area contributed by atoms with E-state index in [2.05, 4.69) is 0 Å². The highest BCUT2D eigenvalue weighted by Crippen LogP contribution is 2.38. The summed E-state index contributed by atoms with van der Waals surface area (Å²) in [6.07, 6.45) is 16.3. The first kappa shape index (κ1) is 36.1. The molecule has 0 fully saturated rings. The van der Waals surface area contributed by atoms with Crippen molar-refractivity contribution in [2.75, 3.05) is 13.7 Å². The van der Waals surface area contributed by atoms with Crippen LogP contribution in [0.1, 0.15) is 119 Å². The van der Waals surface area contributed by atoms with Crippen molar-refractivity contribution in [3.8, 4) is 0 Å². The lowest BCUT2D eigenvalue weighted by molar-refractivity contribution is -0.187. The van der Waals surface area contributed by atoms with E-state index in [9.17, 15) is 19.2 Å². The number of hydrogen-bond donors (Lipinski definition) is 0. The number of allylic oxidation sites excluding steroid dienone is 5. The van der Waals surface area contributed by atoms with E-state index in [-0.39, 0.29) is 37.8 Å². The molecule has 0 unspecified atom stereocenters. The molecule has 1 aliphatic rings. The van der Waals surface area contributed by atoms with Crippen LogP contribution >= 0.6 is 0 Å². The van der Waals surface area contributed by atoms with E-state index in [4.69, 9.17) is 18.9 Å².